The Labute approximate surface area is 129 Å². The van der Waals surface area contributed by atoms with Crippen molar-refractivity contribution in [1.29, 1.82) is 0 Å². The molecular weight excluding hydrogens is 323 g/mol. The number of alkyl halides is 1. The lowest BCUT2D eigenvalue weighted by Crippen LogP contribution is -2.45. The summed E-state index contributed by atoms with van der Waals surface area (Å²) in [6.45, 7) is 1.40. The van der Waals surface area contributed by atoms with E-state index in [9.17, 15) is 19.8 Å². The monoisotopic (exact) mass is 334 g/mol. The highest BCUT2D eigenvalue weighted by Gasteiger charge is 2.57. The summed E-state index contributed by atoms with van der Waals surface area (Å²) in [5.41, 5.74) is -1.38. The smallest absolute Gasteiger partial charge is 0.330 e. The summed E-state index contributed by atoms with van der Waals surface area (Å²) >= 11 is 11.6. The summed E-state index contributed by atoms with van der Waals surface area (Å²) < 4.78 is 6.43. The number of H-pyrrole nitrogens is 1. The van der Waals surface area contributed by atoms with Crippen LogP contribution in [0.3, 0.4) is 0 Å². The third kappa shape index (κ3) is 2.73. The number of hydrogen-bond donors (Lipinski definition) is 3. The quantitative estimate of drug-likeness (QED) is 0.492. The average Bonchev–Trinajstić information content (AvgIpc) is 2.64. The fourth-order valence-corrected chi connectivity index (χ4v) is 2.71. The van der Waals surface area contributed by atoms with Crippen molar-refractivity contribution in [2.24, 2.45) is 0 Å². The molecule has 0 saturated carbocycles. The van der Waals surface area contributed by atoms with Gasteiger partial charge in [0.2, 0.25) is 0 Å². The van der Waals surface area contributed by atoms with Crippen molar-refractivity contribution in [3.63, 3.8) is 0 Å². The summed E-state index contributed by atoms with van der Waals surface area (Å²) in [5, 5.41) is 21.9. The number of aromatic nitrogens is 2. The van der Waals surface area contributed by atoms with Crippen LogP contribution in [0.2, 0.25) is 0 Å². The first kappa shape index (κ1) is 16.1. The predicted octanol–water partition coefficient (Wildman–Crippen LogP) is -0.647. The minimum atomic E-state index is -1.74. The summed E-state index contributed by atoms with van der Waals surface area (Å²) in [4.78, 5) is 23.2. The molecule has 114 valence electrons. The van der Waals surface area contributed by atoms with Crippen molar-refractivity contribution in [3.8, 4) is 11.3 Å². The van der Waals surface area contributed by atoms with Crippen LogP contribution in [0.4, 0.5) is 0 Å². The molecule has 0 bridgehead atoms. The van der Waals surface area contributed by atoms with Gasteiger partial charge < -0.3 is 14.9 Å². The lowest BCUT2D eigenvalue weighted by molar-refractivity contribution is -0.0773. The molecule has 1 saturated heterocycles. The van der Waals surface area contributed by atoms with Crippen molar-refractivity contribution in [2.75, 3.05) is 0 Å². The van der Waals surface area contributed by atoms with Crippen molar-refractivity contribution in [2.45, 2.75) is 36.3 Å². The lowest BCUT2D eigenvalue weighted by Gasteiger charge is -2.25. The number of aromatic amines is 1. The number of aliphatic hydroxyl groups excluding tert-OH is 2. The van der Waals surface area contributed by atoms with E-state index in [4.69, 9.17) is 27.9 Å². The molecule has 9 heteroatoms. The Morgan fingerprint density at radius 3 is 2.76 bits per heavy atom. The summed E-state index contributed by atoms with van der Waals surface area (Å²) in [6, 6.07) is 1.10. The highest BCUT2D eigenvalue weighted by molar-refractivity contribution is 6.32. The zero-order valence-electron chi connectivity index (χ0n) is 10.8. The third-order valence-corrected chi connectivity index (χ3v) is 3.80. The minimum Gasteiger partial charge on any atom is -0.391 e. The molecule has 0 amide bonds. The molecule has 1 unspecified atom stereocenters. The van der Waals surface area contributed by atoms with Crippen LogP contribution in [0.1, 0.15) is 13.2 Å². The first-order chi connectivity index (χ1) is 9.81. The van der Waals surface area contributed by atoms with Gasteiger partial charge in [0.25, 0.3) is 5.56 Å². The van der Waals surface area contributed by atoms with Crippen LogP contribution in [-0.4, -0.2) is 43.0 Å². The summed E-state index contributed by atoms with van der Waals surface area (Å²) in [7, 11) is 0. The van der Waals surface area contributed by atoms with E-state index in [-0.39, 0.29) is 0 Å². The topological polar surface area (TPSA) is 105 Å². The lowest BCUT2D eigenvalue weighted by atomic mass is 9.97. The molecule has 1 aromatic rings. The summed E-state index contributed by atoms with van der Waals surface area (Å²) in [6.07, 6.45) is -3.59. The molecule has 1 aromatic heterocycles. The molecular formula is C12H12Cl2N2O5. The molecule has 0 radical (unpaired) electrons. The van der Waals surface area contributed by atoms with Crippen LogP contribution in [-0.2, 0) is 4.74 Å². The Morgan fingerprint density at radius 1 is 1.57 bits per heavy atom. The molecule has 3 N–H and O–H groups in total. The summed E-state index contributed by atoms with van der Waals surface area (Å²) in [5.74, 6) is 2.39. The largest absolute Gasteiger partial charge is 0.391 e. The van der Waals surface area contributed by atoms with E-state index in [1.54, 1.807) is 0 Å². The SMILES string of the molecule is C[C@H](O)[C@H]1O[C@@H](n2ccc(=O)[nH]c2=O)[C@@](Cl)(C#CCl)C1O. The van der Waals surface area contributed by atoms with Crippen LogP contribution in [0.25, 0.3) is 0 Å². The van der Waals surface area contributed by atoms with Crippen LogP contribution in [0, 0.1) is 11.3 Å². The Kier molecular flexibility index (Phi) is 4.46. The van der Waals surface area contributed by atoms with E-state index in [2.05, 4.69) is 11.3 Å². The van der Waals surface area contributed by atoms with E-state index in [1.807, 2.05) is 4.98 Å². The molecule has 2 heterocycles. The van der Waals surface area contributed by atoms with Gasteiger partial charge >= 0.3 is 5.69 Å². The molecule has 1 aliphatic heterocycles. The number of halogens is 2. The van der Waals surface area contributed by atoms with Crippen molar-refractivity contribution in [1.82, 2.24) is 9.55 Å². The molecule has 0 spiro atoms. The molecule has 1 fully saturated rings. The number of nitrogens with one attached hydrogen (secondary N) is 1. The average molecular weight is 335 g/mol. The van der Waals surface area contributed by atoms with Gasteiger partial charge in [-0.15, -0.1) is 0 Å². The fraction of sp³-hybridized carbons (Fsp3) is 0.500. The first-order valence-electron chi connectivity index (χ1n) is 5.96. The van der Waals surface area contributed by atoms with Gasteiger partial charge in [0.1, 0.15) is 12.2 Å². The Hall–Kier alpha value is -1.30. The second-order valence-corrected chi connectivity index (χ2v) is 5.46. The van der Waals surface area contributed by atoms with E-state index in [0.29, 0.717) is 0 Å². The van der Waals surface area contributed by atoms with Crippen LogP contribution >= 0.6 is 23.2 Å². The second-order valence-electron chi connectivity index (χ2n) is 4.64. The van der Waals surface area contributed by atoms with Gasteiger partial charge in [-0.3, -0.25) is 14.3 Å². The second kappa shape index (κ2) is 5.83. The molecule has 1 aliphatic rings. The van der Waals surface area contributed by atoms with Crippen LogP contribution < -0.4 is 11.2 Å². The van der Waals surface area contributed by atoms with Gasteiger partial charge in [-0.1, -0.05) is 17.5 Å². The molecule has 0 aliphatic carbocycles. The molecule has 7 nitrogen and oxygen atoms in total. The molecule has 21 heavy (non-hydrogen) atoms. The van der Waals surface area contributed by atoms with Crippen molar-refractivity contribution < 1.29 is 14.9 Å². The number of aliphatic hydroxyl groups is 2. The zero-order chi connectivity index (χ0) is 15.8. The predicted molar refractivity (Wildman–Crippen MR) is 75.1 cm³/mol. The van der Waals surface area contributed by atoms with Gasteiger partial charge in [0.15, 0.2) is 11.1 Å². The van der Waals surface area contributed by atoms with Gasteiger partial charge in [-0.25, -0.2) is 4.79 Å². The third-order valence-electron chi connectivity index (χ3n) is 3.21. The molecule has 5 atom stereocenters. The van der Waals surface area contributed by atoms with Crippen molar-refractivity contribution in [3.05, 3.63) is 33.1 Å². The fourth-order valence-electron chi connectivity index (χ4n) is 2.17. The highest BCUT2D eigenvalue weighted by Crippen LogP contribution is 2.43. The maximum Gasteiger partial charge on any atom is 0.330 e. The number of nitrogens with zero attached hydrogens (tertiary/aromatic N) is 1. The van der Waals surface area contributed by atoms with Crippen LogP contribution in [0.15, 0.2) is 21.9 Å². The Morgan fingerprint density at radius 2 is 2.24 bits per heavy atom. The Bertz CT molecular complexity index is 704. The van der Waals surface area contributed by atoms with Gasteiger partial charge in [-0.2, -0.15) is 0 Å². The number of rotatable bonds is 2. The highest BCUT2D eigenvalue weighted by atomic mass is 35.5. The number of ether oxygens (including phenoxy) is 1. The normalized spacial score (nSPS) is 33.3. The van der Waals surface area contributed by atoms with Gasteiger partial charge in [0, 0.05) is 17.6 Å². The maximum absolute atomic E-state index is 11.8. The molecule has 0 aromatic carbocycles. The zero-order valence-corrected chi connectivity index (χ0v) is 12.3. The minimum absolute atomic E-state index is 0.592. The van der Waals surface area contributed by atoms with E-state index < -0.39 is 40.7 Å². The number of hydrogen-bond acceptors (Lipinski definition) is 5. The van der Waals surface area contributed by atoms with E-state index >= 15 is 0 Å². The van der Waals surface area contributed by atoms with Crippen molar-refractivity contribution >= 4 is 23.2 Å². The van der Waals surface area contributed by atoms with Gasteiger partial charge in [0.05, 0.1) is 6.10 Å². The first-order valence-corrected chi connectivity index (χ1v) is 6.71. The standard InChI is InChI=1S/C12H12Cl2N2O5/c1-6(17)8-9(19)12(14,3-4-13)10(21-8)16-5-2-7(18)15-11(16)20/h2,5-6,8-10,17,19H,1H3,(H,15,18,20)/t6-,8+,9?,10+,12+/m0/s1. The molecule has 2 rings (SSSR count). The Balaban J connectivity index is 2.56. The van der Waals surface area contributed by atoms with Crippen LogP contribution in [0.5, 0.6) is 0 Å². The maximum atomic E-state index is 11.8. The van der Waals surface area contributed by atoms with E-state index in [0.717, 1.165) is 16.8 Å². The van der Waals surface area contributed by atoms with Gasteiger partial charge in [-0.05, 0) is 18.5 Å². The van der Waals surface area contributed by atoms with E-state index in [1.165, 1.54) is 6.92 Å².